The van der Waals surface area contributed by atoms with Gasteiger partial charge in [-0.15, -0.1) is 0 Å². The number of hydrogen-bond donors (Lipinski definition) is 0. The topological polar surface area (TPSA) is 61.8 Å². The molecule has 0 radical (unpaired) electrons. The number of carbonyl (C=O) groups excluding carboxylic acids is 1. The molecule has 1 unspecified atom stereocenters. The Labute approximate surface area is 229 Å². The van der Waals surface area contributed by atoms with Gasteiger partial charge in [-0.2, -0.15) is 0 Å². The minimum Gasteiger partial charge on any atom is -0.462 e. The molecular weight excluding hydrogens is 517 g/mol. The minimum atomic E-state index is -2.18. The first-order valence-corrected chi connectivity index (χ1v) is 20.2. The van der Waals surface area contributed by atoms with Crippen LogP contribution in [0.3, 0.4) is 0 Å². The summed E-state index contributed by atoms with van der Waals surface area (Å²) in [4.78, 5) is 14.0. The Kier molecular flexibility index (Phi) is 10.2. The number of ether oxygens (including phenoxy) is 1. The first kappa shape index (κ1) is 31.9. The molecule has 1 aliphatic rings. The second-order valence-corrected chi connectivity index (χ2v) is 23.9. The summed E-state index contributed by atoms with van der Waals surface area (Å²) in [7, 11) is -6.03. The summed E-state index contributed by atoms with van der Waals surface area (Å²) < 4.78 is 33.0. The van der Waals surface area contributed by atoms with Crippen LogP contribution in [0.5, 0.6) is 0 Å². The van der Waals surface area contributed by atoms with Crippen LogP contribution in [0.4, 0.5) is 0 Å². The SMILES string of the molecule is C=C1/C(=C(\C(=O)OCC)S(=O)c2ccccc2)C[C@@H](O[Si](C)(C)C(C)(C)C)C[C@@H]1O[Si](C)(C)C(C)(C)C. The molecule has 5 nitrogen and oxygen atoms in total. The largest absolute Gasteiger partial charge is 0.462 e. The molecule has 0 bridgehead atoms. The fraction of sp³-hybridized carbons (Fsp3) is 0.621. The average Bonchev–Trinajstić information content (AvgIpc) is 2.75. The van der Waals surface area contributed by atoms with Crippen LogP contribution in [-0.4, -0.2) is 45.6 Å². The highest BCUT2D eigenvalue weighted by molar-refractivity contribution is 7.90. The van der Waals surface area contributed by atoms with E-state index in [0.717, 1.165) is 0 Å². The maximum Gasteiger partial charge on any atom is 0.347 e. The van der Waals surface area contributed by atoms with E-state index in [0.29, 0.717) is 28.9 Å². The van der Waals surface area contributed by atoms with Crippen molar-refractivity contribution < 1.29 is 22.6 Å². The van der Waals surface area contributed by atoms with E-state index in [4.69, 9.17) is 13.6 Å². The van der Waals surface area contributed by atoms with Gasteiger partial charge in [0.1, 0.15) is 4.91 Å². The lowest BCUT2D eigenvalue weighted by Crippen LogP contribution is -2.49. The number of hydrogen-bond acceptors (Lipinski definition) is 5. The Morgan fingerprint density at radius 1 is 0.973 bits per heavy atom. The number of benzene rings is 1. The van der Waals surface area contributed by atoms with Crippen LogP contribution in [0.15, 0.2) is 57.9 Å². The standard InChI is InChI=1S/C29H48O5SSi2/c1-13-32-27(30)26(35(31)23-17-15-14-16-18-23)24-19-22(33-36(9,10)28(3,4)5)20-25(21(24)2)34-37(11,12)29(6,7)8/h14-18,22,25H,2,13,19-20H2,1,3-12H3/b26-24+/t22-,25+,35?/m1/s1. The smallest absolute Gasteiger partial charge is 0.347 e. The van der Waals surface area contributed by atoms with Crippen LogP contribution in [0, 0.1) is 0 Å². The first-order valence-electron chi connectivity index (χ1n) is 13.2. The van der Waals surface area contributed by atoms with E-state index in [9.17, 15) is 9.00 Å². The highest BCUT2D eigenvalue weighted by atomic mass is 32.2. The maximum atomic E-state index is 13.9. The van der Waals surface area contributed by atoms with Crippen molar-refractivity contribution in [3.05, 3.63) is 53.0 Å². The Morgan fingerprint density at radius 3 is 1.97 bits per heavy atom. The van der Waals surface area contributed by atoms with Gasteiger partial charge >= 0.3 is 5.97 Å². The van der Waals surface area contributed by atoms with Crippen LogP contribution in [-0.2, 0) is 29.2 Å². The third kappa shape index (κ3) is 7.63. The molecule has 0 N–H and O–H groups in total. The molecule has 0 saturated heterocycles. The summed E-state index contributed by atoms with van der Waals surface area (Å²) in [5.74, 6) is -0.570. The normalized spacial score (nSPS) is 22.0. The van der Waals surface area contributed by atoms with Crippen LogP contribution < -0.4 is 0 Å². The van der Waals surface area contributed by atoms with Crippen molar-refractivity contribution in [2.24, 2.45) is 0 Å². The van der Waals surface area contributed by atoms with E-state index >= 15 is 0 Å². The monoisotopic (exact) mass is 564 g/mol. The maximum absolute atomic E-state index is 13.9. The Morgan fingerprint density at radius 2 is 1.49 bits per heavy atom. The fourth-order valence-electron chi connectivity index (χ4n) is 3.76. The van der Waals surface area contributed by atoms with Gasteiger partial charge in [-0.3, -0.25) is 0 Å². The highest BCUT2D eigenvalue weighted by Crippen LogP contribution is 2.45. The van der Waals surface area contributed by atoms with Gasteiger partial charge < -0.3 is 13.6 Å². The van der Waals surface area contributed by atoms with E-state index in [2.05, 4.69) is 74.3 Å². The summed E-state index contributed by atoms with van der Waals surface area (Å²) in [5.41, 5.74) is 1.37. The third-order valence-electron chi connectivity index (χ3n) is 8.07. The lowest BCUT2D eigenvalue weighted by atomic mass is 9.86. The van der Waals surface area contributed by atoms with E-state index in [1.165, 1.54) is 0 Å². The van der Waals surface area contributed by atoms with Gasteiger partial charge in [-0.25, -0.2) is 9.00 Å². The van der Waals surface area contributed by atoms with Crippen LogP contribution in [0.2, 0.25) is 36.3 Å². The van der Waals surface area contributed by atoms with E-state index in [1.54, 1.807) is 19.1 Å². The van der Waals surface area contributed by atoms with Crippen molar-refractivity contribution in [2.75, 3.05) is 6.61 Å². The van der Waals surface area contributed by atoms with E-state index < -0.39 is 33.4 Å². The Bertz CT molecular complexity index is 1030. The van der Waals surface area contributed by atoms with Gasteiger partial charge in [-0.1, -0.05) is 66.3 Å². The molecule has 0 spiro atoms. The molecule has 1 aromatic rings. The Balaban J connectivity index is 2.68. The molecule has 1 aromatic carbocycles. The van der Waals surface area contributed by atoms with Crippen molar-refractivity contribution in [3.8, 4) is 0 Å². The number of rotatable bonds is 8. The first-order chi connectivity index (χ1) is 16.8. The van der Waals surface area contributed by atoms with Crippen molar-refractivity contribution in [2.45, 2.75) is 115 Å². The van der Waals surface area contributed by atoms with Crippen LogP contribution in [0.25, 0.3) is 0 Å². The van der Waals surface area contributed by atoms with Gasteiger partial charge in [0.25, 0.3) is 0 Å². The average molecular weight is 565 g/mol. The van der Waals surface area contributed by atoms with Gasteiger partial charge in [-0.05, 0) is 72.9 Å². The molecule has 0 aromatic heterocycles. The number of carbonyl (C=O) groups is 1. The molecule has 0 heterocycles. The summed E-state index contributed by atoms with van der Waals surface area (Å²) in [6.45, 7) is 28.6. The van der Waals surface area contributed by atoms with Gasteiger partial charge in [0.2, 0.25) is 0 Å². The van der Waals surface area contributed by atoms with Gasteiger partial charge in [0, 0.05) is 11.3 Å². The summed E-state index contributed by atoms with van der Waals surface area (Å²) >= 11 is 0. The minimum absolute atomic E-state index is 0.00121. The molecule has 8 heteroatoms. The molecule has 0 amide bonds. The second-order valence-electron chi connectivity index (χ2n) is 12.9. The molecule has 37 heavy (non-hydrogen) atoms. The third-order valence-corrected chi connectivity index (χ3v) is 18.6. The van der Waals surface area contributed by atoms with Gasteiger partial charge in [0.15, 0.2) is 16.6 Å². The van der Waals surface area contributed by atoms with E-state index in [-0.39, 0.29) is 33.8 Å². The van der Waals surface area contributed by atoms with Gasteiger partial charge in [0.05, 0.1) is 29.6 Å². The van der Waals surface area contributed by atoms with Crippen molar-refractivity contribution in [1.29, 1.82) is 0 Å². The zero-order valence-corrected chi connectivity index (χ0v) is 27.6. The molecule has 3 atom stereocenters. The van der Waals surface area contributed by atoms with Crippen LogP contribution in [0.1, 0.15) is 61.3 Å². The summed E-state index contributed by atoms with van der Waals surface area (Å²) in [6.07, 6.45) is 0.621. The van der Waals surface area contributed by atoms with Crippen molar-refractivity contribution >= 4 is 33.4 Å². The summed E-state index contributed by atoms with van der Waals surface area (Å²) in [6, 6.07) is 9.05. The van der Waals surface area contributed by atoms with Crippen LogP contribution >= 0.6 is 0 Å². The molecule has 208 valence electrons. The molecule has 1 aliphatic carbocycles. The Hall–Kier alpha value is -1.33. The van der Waals surface area contributed by atoms with Crippen molar-refractivity contribution in [1.82, 2.24) is 0 Å². The molecular formula is C29H48O5SSi2. The summed E-state index contributed by atoms with van der Waals surface area (Å²) in [5, 5.41) is 0.0269. The van der Waals surface area contributed by atoms with E-state index in [1.807, 2.05) is 18.2 Å². The fourth-order valence-corrected chi connectivity index (χ4v) is 7.72. The quantitative estimate of drug-likeness (QED) is 0.184. The second kappa shape index (κ2) is 11.8. The lowest BCUT2D eigenvalue weighted by Gasteiger charge is -2.45. The predicted molar refractivity (Wildman–Crippen MR) is 159 cm³/mol. The number of esters is 1. The lowest BCUT2D eigenvalue weighted by molar-refractivity contribution is -0.137. The zero-order valence-electron chi connectivity index (χ0n) is 24.8. The highest BCUT2D eigenvalue weighted by Gasteiger charge is 2.45. The molecule has 2 rings (SSSR count). The molecule has 1 saturated carbocycles. The zero-order chi connectivity index (χ0) is 28.4. The molecule has 0 aliphatic heterocycles. The van der Waals surface area contributed by atoms with Crippen molar-refractivity contribution in [3.63, 3.8) is 0 Å². The predicted octanol–water partition coefficient (Wildman–Crippen LogP) is 7.74. The molecule has 1 fully saturated rings.